The summed E-state index contributed by atoms with van der Waals surface area (Å²) in [6.07, 6.45) is 0. The van der Waals surface area contributed by atoms with E-state index in [4.69, 9.17) is 0 Å². The largest absolute Gasteiger partial charge is 0.349 e. The maximum Gasteiger partial charge on any atom is 0.323 e. The van der Waals surface area contributed by atoms with Crippen LogP contribution in [0.4, 0.5) is 0 Å². The number of benzene rings is 2. The molecule has 0 aliphatic rings. The first kappa shape index (κ1) is 17.4. The molecule has 0 aliphatic heterocycles. The molecule has 1 unspecified atom stereocenters. The number of aromatic nitrogens is 2. The molecule has 1 atom stereocenters. The van der Waals surface area contributed by atoms with Crippen molar-refractivity contribution in [1.82, 2.24) is 15.3 Å². The summed E-state index contributed by atoms with van der Waals surface area (Å²) in [5.74, 6) is 1.24. The van der Waals surface area contributed by atoms with Gasteiger partial charge in [0.25, 0.3) is 0 Å². The van der Waals surface area contributed by atoms with Crippen LogP contribution >= 0.6 is 11.8 Å². The lowest BCUT2D eigenvalue weighted by Crippen LogP contribution is -2.28. The first-order chi connectivity index (χ1) is 12.0. The Morgan fingerprint density at radius 1 is 1.12 bits per heavy atom. The Labute approximate surface area is 150 Å². The fourth-order valence-corrected chi connectivity index (χ4v) is 3.43. The molecule has 0 radical (unpaired) electrons. The molecule has 130 valence electrons. The van der Waals surface area contributed by atoms with Crippen molar-refractivity contribution in [1.29, 1.82) is 0 Å². The molecule has 6 heteroatoms. The molecule has 5 nitrogen and oxygen atoms in total. The fourth-order valence-electron chi connectivity index (χ4n) is 2.63. The lowest BCUT2D eigenvalue weighted by molar-refractivity contribution is -0.119. The lowest BCUT2D eigenvalue weighted by Gasteiger charge is -2.14. The number of amides is 1. The van der Waals surface area contributed by atoms with Gasteiger partial charge in [0, 0.05) is 5.75 Å². The summed E-state index contributed by atoms with van der Waals surface area (Å²) in [6, 6.07) is 13.9. The SMILES string of the molecule is Cc1ccc(CSCC(=O)NC(C)c2ccc3[nH]c(=O)[nH]c3c2)cc1. The van der Waals surface area contributed by atoms with Crippen LogP contribution in [0, 0.1) is 6.92 Å². The Balaban J connectivity index is 1.52. The van der Waals surface area contributed by atoms with Crippen LogP contribution in [0.25, 0.3) is 11.0 Å². The van der Waals surface area contributed by atoms with Crippen LogP contribution in [0.3, 0.4) is 0 Å². The number of aryl methyl sites for hydroxylation is 1. The third-order valence-electron chi connectivity index (χ3n) is 4.04. The van der Waals surface area contributed by atoms with Crippen molar-refractivity contribution in [3.63, 3.8) is 0 Å². The van der Waals surface area contributed by atoms with Crippen LogP contribution in [0.2, 0.25) is 0 Å². The van der Waals surface area contributed by atoms with Gasteiger partial charge in [0.2, 0.25) is 5.91 Å². The number of carbonyl (C=O) groups excluding carboxylic acids is 1. The van der Waals surface area contributed by atoms with Gasteiger partial charge in [-0.3, -0.25) is 4.79 Å². The minimum absolute atomic E-state index is 0.00673. The predicted octanol–water partition coefficient (Wildman–Crippen LogP) is 3.28. The monoisotopic (exact) mass is 355 g/mol. The number of nitrogens with one attached hydrogen (secondary N) is 3. The predicted molar refractivity (Wildman–Crippen MR) is 103 cm³/mol. The first-order valence-electron chi connectivity index (χ1n) is 8.16. The first-order valence-corrected chi connectivity index (χ1v) is 9.31. The van der Waals surface area contributed by atoms with Gasteiger partial charge in [-0.1, -0.05) is 35.9 Å². The Morgan fingerprint density at radius 2 is 1.84 bits per heavy atom. The number of fused-ring (bicyclic) bond motifs is 1. The third kappa shape index (κ3) is 4.54. The van der Waals surface area contributed by atoms with E-state index in [-0.39, 0.29) is 17.6 Å². The highest BCUT2D eigenvalue weighted by Gasteiger charge is 2.11. The van der Waals surface area contributed by atoms with Gasteiger partial charge < -0.3 is 15.3 Å². The minimum Gasteiger partial charge on any atom is -0.349 e. The lowest BCUT2D eigenvalue weighted by atomic mass is 10.1. The molecular formula is C19H21N3O2S. The van der Waals surface area contributed by atoms with Gasteiger partial charge in [0.15, 0.2) is 0 Å². The highest BCUT2D eigenvalue weighted by atomic mass is 32.2. The number of imidazole rings is 1. The van der Waals surface area contributed by atoms with Crippen LogP contribution in [0.1, 0.15) is 29.7 Å². The number of H-pyrrole nitrogens is 2. The second-order valence-corrected chi connectivity index (χ2v) is 7.14. The van der Waals surface area contributed by atoms with Gasteiger partial charge in [0.1, 0.15) is 0 Å². The highest BCUT2D eigenvalue weighted by Crippen LogP contribution is 2.18. The molecule has 0 saturated carbocycles. The minimum atomic E-state index is -0.226. The molecule has 0 bridgehead atoms. The van der Waals surface area contributed by atoms with Gasteiger partial charge >= 0.3 is 5.69 Å². The van der Waals surface area contributed by atoms with Crippen molar-refractivity contribution in [3.8, 4) is 0 Å². The summed E-state index contributed by atoms with van der Waals surface area (Å²) in [5, 5.41) is 3.00. The summed E-state index contributed by atoms with van der Waals surface area (Å²) in [5.41, 5.74) is 4.70. The van der Waals surface area contributed by atoms with Crippen LogP contribution in [0.5, 0.6) is 0 Å². The summed E-state index contributed by atoms with van der Waals surface area (Å²) in [7, 11) is 0. The zero-order valence-corrected chi connectivity index (χ0v) is 15.1. The molecule has 3 N–H and O–H groups in total. The smallest absolute Gasteiger partial charge is 0.323 e. The molecule has 3 aromatic rings. The van der Waals surface area contributed by atoms with Gasteiger partial charge in [-0.05, 0) is 37.1 Å². The van der Waals surface area contributed by atoms with E-state index in [1.165, 1.54) is 11.1 Å². The zero-order chi connectivity index (χ0) is 17.8. The Morgan fingerprint density at radius 3 is 2.60 bits per heavy atom. The highest BCUT2D eigenvalue weighted by molar-refractivity contribution is 7.99. The third-order valence-corrected chi connectivity index (χ3v) is 5.04. The van der Waals surface area contributed by atoms with Crippen molar-refractivity contribution < 1.29 is 4.79 Å². The standard InChI is InChI=1S/C19H21N3O2S/c1-12-3-5-14(6-4-12)10-25-11-18(23)20-13(2)15-7-8-16-17(9-15)22-19(24)21-16/h3-9,13H,10-11H2,1-2H3,(H,20,23)(H2,21,22,24). The van der Waals surface area contributed by atoms with Gasteiger partial charge in [-0.25, -0.2) is 4.79 Å². The zero-order valence-electron chi connectivity index (χ0n) is 14.3. The van der Waals surface area contributed by atoms with E-state index in [9.17, 15) is 9.59 Å². The summed E-state index contributed by atoms with van der Waals surface area (Å²) >= 11 is 1.60. The average molecular weight is 355 g/mol. The van der Waals surface area contributed by atoms with Crippen molar-refractivity contribution in [2.24, 2.45) is 0 Å². The van der Waals surface area contributed by atoms with Crippen molar-refractivity contribution >= 4 is 28.7 Å². The van der Waals surface area contributed by atoms with E-state index >= 15 is 0 Å². The van der Waals surface area contributed by atoms with E-state index < -0.39 is 0 Å². The van der Waals surface area contributed by atoms with Gasteiger partial charge in [-0.15, -0.1) is 11.8 Å². The molecule has 0 saturated heterocycles. The molecule has 1 aromatic heterocycles. The van der Waals surface area contributed by atoms with Crippen molar-refractivity contribution in [3.05, 3.63) is 69.6 Å². The topological polar surface area (TPSA) is 77.8 Å². The van der Waals surface area contributed by atoms with Crippen LogP contribution < -0.4 is 11.0 Å². The normalized spacial score (nSPS) is 12.2. The van der Waals surface area contributed by atoms with Gasteiger partial charge in [0.05, 0.1) is 22.8 Å². The maximum absolute atomic E-state index is 12.1. The summed E-state index contributed by atoms with van der Waals surface area (Å²) < 4.78 is 0. The molecule has 1 heterocycles. The summed E-state index contributed by atoms with van der Waals surface area (Å²) in [4.78, 5) is 28.9. The molecule has 25 heavy (non-hydrogen) atoms. The second kappa shape index (κ2) is 7.61. The molecule has 3 rings (SSSR count). The number of hydrogen-bond donors (Lipinski definition) is 3. The van der Waals surface area contributed by atoms with E-state index in [0.717, 1.165) is 22.3 Å². The second-order valence-electron chi connectivity index (χ2n) is 6.15. The molecule has 0 aliphatic carbocycles. The Bertz CT molecular complexity index is 928. The van der Waals surface area contributed by atoms with E-state index in [0.29, 0.717) is 5.75 Å². The van der Waals surface area contributed by atoms with Crippen LogP contribution in [-0.4, -0.2) is 21.6 Å². The van der Waals surface area contributed by atoms with Crippen LogP contribution in [-0.2, 0) is 10.5 Å². The van der Waals surface area contributed by atoms with E-state index in [2.05, 4.69) is 46.5 Å². The molecule has 0 spiro atoms. The summed E-state index contributed by atoms with van der Waals surface area (Å²) in [6.45, 7) is 4.00. The number of hydrogen-bond acceptors (Lipinski definition) is 3. The number of carbonyl (C=O) groups is 1. The fraction of sp³-hybridized carbons (Fsp3) is 0.263. The maximum atomic E-state index is 12.1. The number of thioether (sulfide) groups is 1. The molecule has 0 fully saturated rings. The van der Waals surface area contributed by atoms with Gasteiger partial charge in [-0.2, -0.15) is 0 Å². The van der Waals surface area contributed by atoms with E-state index in [1.54, 1.807) is 11.8 Å². The van der Waals surface area contributed by atoms with Crippen molar-refractivity contribution in [2.75, 3.05) is 5.75 Å². The number of aromatic amines is 2. The molecule has 2 aromatic carbocycles. The number of rotatable bonds is 6. The Kier molecular flexibility index (Phi) is 5.28. The average Bonchev–Trinajstić information content (AvgIpc) is 2.95. The van der Waals surface area contributed by atoms with Crippen LogP contribution in [0.15, 0.2) is 47.3 Å². The Hall–Kier alpha value is -2.47. The molecular weight excluding hydrogens is 334 g/mol. The quantitative estimate of drug-likeness (QED) is 0.635. The van der Waals surface area contributed by atoms with E-state index in [1.807, 2.05) is 25.1 Å². The molecule has 1 amide bonds. The van der Waals surface area contributed by atoms with Crippen molar-refractivity contribution in [2.45, 2.75) is 25.6 Å².